The van der Waals surface area contributed by atoms with Crippen molar-refractivity contribution in [3.8, 4) is 11.3 Å². The summed E-state index contributed by atoms with van der Waals surface area (Å²) in [5.41, 5.74) is 8.08. The number of benzene rings is 3. The van der Waals surface area contributed by atoms with Crippen molar-refractivity contribution in [1.29, 1.82) is 0 Å². The van der Waals surface area contributed by atoms with E-state index >= 15 is 0 Å². The predicted molar refractivity (Wildman–Crippen MR) is 120 cm³/mol. The lowest BCUT2D eigenvalue weighted by Crippen LogP contribution is -2.15. The number of carbonyl (C=O) groups excluding carboxylic acids is 2. The van der Waals surface area contributed by atoms with Gasteiger partial charge in [0.15, 0.2) is 11.0 Å². The van der Waals surface area contributed by atoms with Crippen LogP contribution in [0.25, 0.3) is 22.3 Å². The smallest absolute Gasteiger partial charge is 0.259 e. The third kappa shape index (κ3) is 4.09. The average Bonchev–Trinajstić information content (AvgIpc) is 2.77. The molecule has 0 bridgehead atoms. The van der Waals surface area contributed by atoms with Gasteiger partial charge in [-0.05, 0) is 36.8 Å². The van der Waals surface area contributed by atoms with Gasteiger partial charge in [0, 0.05) is 16.8 Å². The van der Waals surface area contributed by atoms with Crippen molar-refractivity contribution in [1.82, 2.24) is 0 Å². The first-order chi connectivity index (χ1) is 14.9. The summed E-state index contributed by atoms with van der Waals surface area (Å²) < 4.78 is 6.10. The lowest BCUT2D eigenvalue weighted by Gasteiger charge is -2.11. The number of primary amides is 1. The molecule has 154 valence electrons. The molecule has 31 heavy (non-hydrogen) atoms. The van der Waals surface area contributed by atoms with Gasteiger partial charge in [-0.15, -0.1) is 0 Å². The van der Waals surface area contributed by atoms with Crippen LogP contribution < -0.4 is 16.5 Å². The normalized spacial score (nSPS) is 10.7. The van der Waals surface area contributed by atoms with Gasteiger partial charge in [0.05, 0.1) is 17.4 Å². The maximum absolute atomic E-state index is 13.0. The Kier molecular flexibility index (Phi) is 5.37. The van der Waals surface area contributed by atoms with Crippen LogP contribution in [0.2, 0.25) is 0 Å². The average molecular weight is 412 g/mol. The Labute approximate surface area is 178 Å². The Bertz CT molecular complexity index is 1340. The molecule has 0 spiro atoms. The molecule has 0 unspecified atom stereocenters. The molecular formula is C25H20N2O4. The second kappa shape index (κ2) is 8.28. The Balaban J connectivity index is 1.73. The third-order valence-electron chi connectivity index (χ3n) is 5.02. The molecule has 0 aliphatic carbocycles. The lowest BCUT2D eigenvalue weighted by atomic mass is 10.0. The van der Waals surface area contributed by atoms with Crippen LogP contribution in [-0.2, 0) is 11.2 Å². The molecular weight excluding hydrogens is 392 g/mol. The van der Waals surface area contributed by atoms with Crippen LogP contribution in [0, 0.1) is 6.92 Å². The molecule has 0 radical (unpaired) electrons. The molecule has 2 amide bonds. The highest BCUT2D eigenvalue weighted by Gasteiger charge is 2.18. The zero-order valence-corrected chi connectivity index (χ0v) is 16.8. The highest BCUT2D eigenvalue weighted by Crippen LogP contribution is 2.27. The fourth-order valence-electron chi connectivity index (χ4n) is 3.46. The summed E-state index contributed by atoms with van der Waals surface area (Å²) in [4.78, 5) is 37.0. The van der Waals surface area contributed by atoms with Gasteiger partial charge in [0.1, 0.15) is 5.76 Å². The SMILES string of the molecule is Cc1c(-c2ccccc2)oc2c(C(=O)Nc3ccc(CC(N)=O)cc3)cccc2c1=O. The molecule has 4 rings (SSSR count). The standard InChI is InChI=1S/C25H20N2O4/c1-15-22(29)19-8-5-9-20(24(19)31-23(15)17-6-3-2-4-7-17)25(30)27-18-12-10-16(11-13-18)14-21(26)28/h2-13H,14H2,1H3,(H2,26,28)(H,27,30). The summed E-state index contributed by atoms with van der Waals surface area (Å²) in [6, 6.07) is 21.1. The topological polar surface area (TPSA) is 102 Å². The number of amides is 2. The number of rotatable bonds is 5. The van der Waals surface area contributed by atoms with Crippen molar-refractivity contribution in [2.75, 3.05) is 5.32 Å². The van der Waals surface area contributed by atoms with E-state index < -0.39 is 11.8 Å². The quantitative estimate of drug-likeness (QED) is 0.516. The van der Waals surface area contributed by atoms with E-state index in [1.165, 1.54) is 0 Å². The van der Waals surface area contributed by atoms with Crippen LogP contribution in [0.15, 0.2) is 82.0 Å². The molecule has 6 nitrogen and oxygen atoms in total. The molecule has 1 heterocycles. The van der Waals surface area contributed by atoms with E-state index in [1.54, 1.807) is 49.4 Å². The zero-order valence-electron chi connectivity index (χ0n) is 16.8. The predicted octanol–water partition coefficient (Wildman–Crippen LogP) is 4.05. The van der Waals surface area contributed by atoms with E-state index in [9.17, 15) is 14.4 Å². The fraction of sp³-hybridized carbons (Fsp3) is 0.0800. The molecule has 0 fully saturated rings. The Morgan fingerprint density at radius 3 is 2.32 bits per heavy atom. The molecule has 0 aliphatic heterocycles. The molecule has 3 N–H and O–H groups in total. The van der Waals surface area contributed by atoms with Crippen LogP contribution in [0.1, 0.15) is 21.5 Å². The summed E-state index contributed by atoms with van der Waals surface area (Å²) in [6.45, 7) is 1.72. The van der Waals surface area contributed by atoms with Gasteiger partial charge in [-0.25, -0.2) is 0 Å². The summed E-state index contributed by atoms with van der Waals surface area (Å²) in [5.74, 6) is -0.388. The third-order valence-corrected chi connectivity index (χ3v) is 5.02. The van der Waals surface area contributed by atoms with Crippen molar-refractivity contribution < 1.29 is 14.0 Å². The highest BCUT2D eigenvalue weighted by atomic mass is 16.3. The van der Waals surface area contributed by atoms with E-state index in [4.69, 9.17) is 10.2 Å². The number of hydrogen-bond donors (Lipinski definition) is 2. The number of carbonyl (C=O) groups is 2. The maximum atomic E-state index is 13.0. The molecule has 6 heteroatoms. The largest absolute Gasteiger partial charge is 0.455 e. The van der Waals surface area contributed by atoms with Crippen molar-refractivity contribution in [3.05, 3.63) is 99.7 Å². The van der Waals surface area contributed by atoms with E-state index in [0.29, 0.717) is 22.4 Å². The molecule has 4 aromatic rings. The van der Waals surface area contributed by atoms with E-state index in [0.717, 1.165) is 11.1 Å². The summed E-state index contributed by atoms with van der Waals surface area (Å²) in [5, 5.41) is 3.16. The van der Waals surface area contributed by atoms with Gasteiger partial charge in [0.25, 0.3) is 5.91 Å². The van der Waals surface area contributed by atoms with Crippen LogP contribution >= 0.6 is 0 Å². The van der Waals surface area contributed by atoms with E-state index in [1.807, 2.05) is 30.3 Å². The number of fused-ring (bicyclic) bond motifs is 1. The molecule has 0 saturated carbocycles. The second-order valence-electron chi connectivity index (χ2n) is 7.23. The summed E-state index contributed by atoms with van der Waals surface area (Å²) in [7, 11) is 0. The van der Waals surface area contributed by atoms with Crippen LogP contribution in [0.5, 0.6) is 0 Å². The van der Waals surface area contributed by atoms with Gasteiger partial charge < -0.3 is 15.5 Å². The fourth-order valence-corrected chi connectivity index (χ4v) is 3.46. The first-order valence-corrected chi connectivity index (χ1v) is 9.74. The number of nitrogens with two attached hydrogens (primary N) is 1. The van der Waals surface area contributed by atoms with Crippen molar-refractivity contribution in [2.45, 2.75) is 13.3 Å². The lowest BCUT2D eigenvalue weighted by molar-refractivity contribution is -0.117. The molecule has 0 atom stereocenters. The first kappa shape index (κ1) is 20.1. The van der Waals surface area contributed by atoms with Gasteiger partial charge >= 0.3 is 0 Å². The Morgan fingerprint density at radius 2 is 1.65 bits per heavy atom. The number of para-hydroxylation sites is 1. The summed E-state index contributed by atoms with van der Waals surface area (Å²) >= 11 is 0. The van der Waals surface area contributed by atoms with Crippen molar-refractivity contribution in [2.24, 2.45) is 5.73 Å². The maximum Gasteiger partial charge on any atom is 0.259 e. The van der Waals surface area contributed by atoms with Crippen LogP contribution in [-0.4, -0.2) is 11.8 Å². The summed E-state index contributed by atoms with van der Waals surface area (Å²) in [6.07, 6.45) is 0.129. The Hall–Kier alpha value is -4.19. The van der Waals surface area contributed by atoms with Crippen LogP contribution in [0.3, 0.4) is 0 Å². The van der Waals surface area contributed by atoms with Gasteiger partial charge in [-0.2, -0.15) is 0 Å². The minimum absolute atomic E-state index is 0.129. The molecule has 3 aromatic carbocycles. The molecule has 1 aromatic heterocycles. The van der Waals surface area contributed by atoms with E-state index in [-0.39, 0.29) is 23.0 Å². The number of nitrogens with one attached hydrogen (secondary N) is 1. The van der Waals surface area contributed by atoms with Crippen molar-refractivity contribution >= 4 is 28.5 Å². The number of anilines is 1. The first-order valence-electron chi connectivity index (χ1n) is 9.74. The monoisotopic (exact) mass is 412 g/mol. The van der Waals surface area contributed by atoms with Gasteiger partial charge in [0.2, 0.25) is 5.91 Å². The zero-order chi connectivity index (χ0) is 22.0. The van der Waals surface area contributed by atoms with E-state index in [2.05, 4.69) is 5.32 Å². The van der Waals surface area contributed by atoms with Gasteiger partial charge in [-0.3, -0.25) is 14.4 Å². The van der Waals surface area contributed by atoms with Crippen LogP contribution in [0.4, 0.5) is 5.69 Å². The second-order valence-corrected chi connectivity index (χ2v) is 7.23. The molecule has 0 saturated heterocycles. The van der Waals surface area contributed by atoms with Crippen molar-refractivity contribution in [3.63, 3.8) is 0 Å². The highest BCUT2D eigenvalue weighted by molar-refractivity contribution is 6.11. The number of hydrogen-bond acceptors (Lipinski definition) is 4. The minimum Gasteiger partial charge on any atom is -0.455 e. The minimum atomic E-state index is -0.424. The molecule has 0 aliphatic rings. The Morgan fingerprint density at radius 1 is 0.935 bits per heavy atom. The van der Waals surface area contributed by atoms with Gasteiger partial charge in [-0.1, -0.05) is 48.5 Å².